The maximum Gasteiger partial charge on any atom is 0.153 e. The van der Waals surface area contributed by atoms with Crippen molar-refractivity contribution in [2.24, 2.45) is 5.73 Å². The molecule has 1 aromatic heterocycles. The standard InChI is InChI=1S/C12H20N4O2/c1-18-8-12-14-4-9(5-15-12)6-16-3-2-10(13)11(17)7-16/h4-5,10-11,17H,2-3,6-8,13H2,1H3/t10-,11-/m1/s1. The van der Waals surface area contributed by atoms with Crippen LogP contribution in [0.3, 0.4) is 0 Å². The SMILES string of the molecule is COCc1ncc(CN2CC[C@@H](N)[C@H](O)C2)cn1. The Morgan fingerprint density at radius 1 is 1.50 bits per heavy atom. The zero-order valence-corrected chi connectivity index (χ0v) is 10.6. The summed E-state index contributed by atoms with van der Waals surface area (Å²) >= 11 is 0. The highest BCUT2D eigenvalue weighted by Crippen LogP contribution is 2.12. The first kappa shape index (κ1) is 13.4. The Balaban J connectivity index is 1.89. The Morgan fingerprint density at radius 3 is 2.83 bits per heavy atom. The maximum absolute atomic E-state index is 9.73. The summed E-state index contributed by atoms with van der Waals surface area (Å²) in [5.41, 5.74) is 6.81. The molecule has 0 saturated carbocycles. The average Bonchev–Trinajstić information content (AvgIpc) is 2.37. The van der Waals surface area contributed by atoms with Crippen molar-refractivity contribution < 1.29 is 9.84 Å². The number of nitrogens with two attached hydrogens (primary N) is 1. The quantitative estimate of drug-likeness (QED) is 0.752. The highest BCUT2D eigenvalue weighted by Gasteiger charge is 2.24. The third kappa shape index (κ3) is 3.46. The van der Waals surface area contributed by atoms with Gasteiger partial charge in [0.2, 0.25) is 0 Å². The molecule has 0 spiro atoms. The molecule has 2 heterocycles. The molecule has 1 aromatic rings. The van der Waals surface area contributed by atoms with Gasteiger partial charge in [-0.05, 0) is 6.42 Å². The van der Waals surface area contributed by atoms with Crippen LogP contribution in [-0.4, -0.2) is 52.3 Å². The summed E-state index contributed by atoms with van der Waals surface area (Å²) < 4.78 is 4.96. The lowest BCUT2D eigenvalue weighted by Crippen LogP contribution is -2.50. The van der Waals surface area contributed by atoms with E-state index in [0.717, 1.165) is 25.1 Å². The lowest BCUT2D eigenvalue weighted by atomic mass is 10.0. The smallest absolute Gasteiger partial charge is 0.153 e. The summed E-state index contributed by atoms with van der Waals surface area (Å²) in [6.07, 6.45) is 4.00. The molecule has 6 nitrogen and oxygen atoms in total. The van der Waals surface area contributed by atoms with Crippen LogP contribution in [0.2, 0.25) is 0 Å². The minimum atomic E-state index is -0.438. The van der Waals surface area contributed by atoms with Gasteiger partial charge in [-0.25, -0.2) is 9.97 Å². The van der Waals surface area contributed by atoms with Gasteiger partial charge in [-0.3, -0.25) is 4.90 Å². The van der Waals surface area contributed by atoms with Crippen LogP contribution >= 0.6 is 0 Å². The predicted molar refractivity (Wildman–Crippen MR) is 66.6 cm³/mol. The highest BCUT2D eigenvalue weighted by atomic mass is 16.5. The van der Waals surface area contributed by atoms with Crippen LogP contribution in [0.25, 0.3) is 0 Å². The number of aliphatic hydroxyl groups excluding tert-OH is 1. The molecule has 0 bridgehead atoms. The summed E-state index contributed by atoms with van der Waals surface area (Å²) in [6.45, 7) is 2.69. The molecule has 6 heteroatoms. The highest BCUT2D eigenvalue weighted by molar-refractivity contribution is 5.05. The zero-order chi connectivity index (χ0) is 13.0. The molecule has 1 aliphatic rings. The Labute approximate surface area is 107 Å². The maximum atomic E-state index is 9.73. The fourth-order valence-corrected chi connectivity index (χ4v) is 2.08. The molecular weight excluding hydrogens is 232 g/mol. The van der Waals surface area contributed by atoms with Crippen molar-refractivity contribution in [1.82, 2.24) is 14.9 Å². The lowest BCUT2D eigenvalue weighted by Gasteiger charge is -2.33. The molecule has 0 aromatic carbocycles. The molecule has 1 aliphatic heterocycles. The van der Waals surface area contributed by atoms with Crippen molar-refractivity contribution in [3.8, 4) is 0 Å². The third-order valence-corrected chi connectivity index (χ3v) is 3.16. The minimum Gasteiger partial charge on any atom is -0.390 e. The molecule has 0 radical (unpaired) electrons. The number of hydrogen-bond donors (Lipinski definition) is 2. The topological polar surface area (TPSA) is 84.5 Å². The number of aliphatic hydroxyl groups is 1. The number of ether oxygens (including phenoxy) is 1. The van der Waals surface area contributed by atoms with Crippen molar-refractivity contribution >= 4 is 0 Å². The lowest BCUT2D eigenvalue weighted by molar-refractivity contribution is 0.0498. The van der Waals surface area contributed by atoms with Gasteiger partial charge in [0.25, 0.3) is 0 Å². The molecule has 3 N–H and O–H groups in total. The van der Waals surface area contributed by atoms with Crippen molar-refractivity contribution in [2.45, 2.75) is 31.7 Å². The van der Waals surface area contributed by atoms with Crippen molar-refractivity contribution in [3.63, 3.8) is 0 Å². The van der Waals surface area contributed by atoms with Crippen LogP contribution in [0.5, 0.6) is 0 Å². The van der Waals surface area contributed by atoms with Crippen molar-refractivity contribution in [2.75, 3.05) is 20.2 Å². The number of β-amino-alcohol motifs (C(OH)–C–C–N with tert-alkyl or cyclic N) is 1. The Kier molecular flexibility index (Phi) is 4.60. The first-order valence-electron chi connectivity index (χ1n) is 6.14. The predicted octanol–water partition coefficient (Wildman–Crippen LogP) is -0.483. The summed E-state index contributed by atoms with van der Waals surface area (Å²) in [6, 6.07) is -0.0958. The van der Waals surface area contributed by atoms with Gasteiger partial charge in [-0.1, -0.05) is 0 Å². The van der Waals surface area contributed by atoms with Crippen molar-refractivity contribution in [1.29, 1.82) is 0 Å². The molecule has 1 fully saturated rings. The Hall–Kier alpha value is -1.08. The molecular formula is C12H20N4O2. The van der Waals surface area contributed by atoms with Crippen LogP contribution in [-0.2, 0) is 17.9 Å². The number of likely N-dealkylation sites (tertiary alicyclic amines) is 1. The fraction of sp³-hybridized carbons (Fsp3) is 0.667. The van der Waals surface area contributed by atoms with Gasteiger partial charge in [0.15, 0.2) is 5.82 Å². The van der Waals surface area contributed by atoms with Gasteiger partial charge in [0.1, 0.15) is 6.61 Å². The zero-order valence-electron chi connectivity index (χ0n) is 10.6. The van der Waals surface area contributed by atoms with Crippen LogP contribution in [0, 0.1) is 0 Å². The summed E-state index contributed by atoms with van der Waals surface area (Å²) in [5, 5.41) is 9.73. The van der Waals surface area contributed by atoms with Gasteiger partial charge in [0.05, 0.1) is 6.10 Å². The fourth-order valence-electron chi connectivity index (χ4n) is 2.08. The third-order valence-electron chi connectivity index (χ3n) is 3.16. The molecule has 2 rings (SSSR count). The van der Waals surface area contributed by atoms with Gasteiger partial charge in [-0.15, -0.1) is 0 Å². The number of nitrogens with zero attached hydrogens (tertiary/aromatic N) is 3. The second-order valence-corrected chi connectivity index (χ2v) is 4.70. The number of hydrogen-bond acceptors (Lipinski definition) is 6. The first-order valence-corrected chi connectivity index (χ1v) is 6.14. The Morgan fingerprint density at radius 2 is 2.22 bits per heavy atom. The normalized spacial score (nSPS) is 25.3. The first-order chi connectivity index (χ1) is 8.69. The van der Waals surface area contributed by atoms with E-state index < -0.39 is 6.10 Å². The van der Waals surface area contributed by atoms with E-state index in [9.17, 15) is 5.11 Å². The molecule has 100 valence electrons. The largest absolute Gasteiger partial charge is 0.390 e. The average molecular weight is 252 g/mol. The molecule has 0 unspecified atom stereocenters. The van der Waals surface area contributed by atoms with Gasteiger partial charge < -0.3 is 15.6 Å². The summed E-state index contributed by atoms with van der Waals surface area (Å²) in [5.74, 6) is 0.682. The van der Waals surface area contributed by atoms with E-state index in [0.29, 0.717) is 19.0 Å². The molecule has 1 saturated heterocycles. The summed E-state index contributed by atoms with van der Waals surface area (Å²) in [7, 11) is 1.62. The molecule has 2 atom stereocenters. The monoisotopic (exact) mass is 252 g/mol. The van der Waals surface area contributed by atoms with Gasteiger partial charge in [-0.2, -0.15) is 0 Å². The number of piperidine rings is 1. The molecule has 0 amide bonds. The Bertz CT molecular complexity index is 371. The molecule has 18 heavy (non-hydrogen) atoms. The van der Waals surface area contributed by atoms with E-state index >= 15 is 0 Å². The van der Waals surface area contributed by atoms with E-state index in [1.807, 2.05) is 12.4 Å². The second-order valence-electron chi connectivity index (χ2n) is 4.70. The minimum absolute atomic E-state index is 0.0958. The van der Waals surface area contributed by atoms with Gasteiger partial charge >= 0.3 is 0 Å². The number of rotatable bonds is 4. The van der Waals surface area contributed by atoms with Crippen LogP contribution in [0.1, 0.15) is 17.8 Å². The summed E-state index contributed by atoms with van der Waals surface area (Å²) in [4.78, 5) is 10.6. The number of methoxy groups -OCH3 is 1. The van der Waals surface area contributed by atoms with Crippen LogP contribution < -0.4 is 5.73 Å². The van der Waals surface area contributed by atoms with E-state index in [1.165, 1.54) is 0 Å². The van der Waals surface area contributed by atoms with E-state index in [2.05, 4.69) is 14.9 Å². The molecule has 0 aliphatic carbocycles. The van der Waals surface area contributed by atoms with E-state index in [-0.39, 0.29) is 6.04 Å². The van der Waals surface area contributed by atoms with Gasteiger partial charge in [0, 0.05) is 50.7 Å². The van der Waals surface area contributed by atoms with Crippen LogP contribution in [0.15, 0.2) is 12.4 Å². The van der Waals surface area contributed by atoms with E-state index in [4.69, 9.17) is 10.5 Å². The van der Waals surface area contributed by atoms with Crippen molar-refractivity contribution in [3.05, 3.63) is 23.8 Å². The van der Waals surface area contributed by atoms with E-state index in [1.54, 1.807) is 7.11 Å². The number of aromatic nitrogens is 2. The van der Waals surface area contributed by atoms with Crippen LogP contribution in [0.4, 0.5) is 0 Å². The second kappa shape index (κ2) is 6.19.